The minimum Gasteiger partial charge on any atom is -0.289 e. The van der Waals surface area contributed by atoms with E-state index in [9.17, 15) is 25.3 Å². The van der Waals surface area contributed by atoms with Gasteiger partial charge in [-0.3, -0.25) is 16.7 Å². The standard InChI is InChI=1S/C12H26O10S4/c1-3-19-23(13)11-21-25(15,16)9-7-5-6-8-10-26(17,18)22-12-24(14)20-4-2/h3-12H2,1-2H3. The number of hydrogen-bond acceptors (Lipinski definition) is 10. The lowest BCUT2D eigenvalue weighted by Gasteiger charge is -2.06. The van der Waals surface area contributed by atoms with Crippen molar-refractivity contribution in [2.75, 3.05) is 36.6 Å². The Morgan fingerprint density at radius 1 is 0.654 bits per heavy atom. The fraction of sp³-hybridized carbons (Fsp3) is 1.00. The fourth-order valence-corrected chi connectivity index (χ4v) is 5.40. The summed E-state index contributed by atoms with van der Waals surface area (Å²) in [6.07, 6.45) is 1.49. The highest BCUT2D eigenvalue weighted by Crippen LogP contribution is 2.08. The lowest BCUT2D eigenvalue weighted by atomic mass is 10.2. The lowest BCUT2D eigenvalue weighted by molar-refractivity contribution is 0.326. The molecule has 10 nitrogen and oxygen atoms in total. The van der Waals surface area contributed by atoms with Crippen LogP contribution in [0.25, 0.3) is 0 Å². The van der Waals surface area contributed by atoms with Gasteiger partial charge in [-0.1, -0.05) is 12.8 Å². The van der Waals surface area contributed by atoms with Gasteiger partial charge in [-0.05, 0) is 26.7 Å². The van der Waals surface area contributed by atoms with Crippen molar-refractivity contribution in [2.45, 2.75) is 39.5 Å². The number of unbranched alkanes of at least 4 members (excludes halogenated alkanes) is 3. The average molecular weight is 459 g/mol. The van der Waals surface area contributed by atoms with Crippen LogP contribution >= 0.6 is 0 Å². The second-order valence-electron chi connectivity index (χ2n) is 4.83. The van der Waals surface area contributed by atoms with Crippen molar-refractivity contribution >= 4 is 42.4 Å². The molecule has 0 aromatic carbocycles. The molecule has 0 radical (unpaired) electrons. The molecule has 0 saturated heterocycles. The third kappa shape index (κ3) is 15.1. The summed E-state index contributed by atoms with van der Waals surface area (Å²) in [5.74, 6) is -1.61. The maximum absolute atomic E-state index is 11.6. The maximum atomic E-state index is 11.6. The normalized spacial score (nSPS) is 15.0. The molecular formula is C12H26O10S4. The van der Waals surface area contributed by atoms with Gasteiger partial charge in [-0.25, -0.2) is 8.42 Å². The summed E-state index contributed by atoms with van der Waals surface area (Å²) in [6.45, 7) is 3.61. The van der Waals surface area contributed by atoms with Crippen LogP contribution < -0.4 is 0 Å². The first-order valence-corrected chi connectivity index (χ1v) is 13.5. The van der Waals surface area contributed by atoms with Gasteiger partial charge in [0.2, 0.25) is 0 Å². The SMILES string of the molecule is CCOS(=O)COS(=O)(=O)CCCCCCS(=O)(=O)OCS(=O)OCC. The molecule has 0 aromatic rings. The van der Waals surface area contributed by atoms with Crippen LogP contribution in [0.15, 0.2) is 0 Å². The van der Waals surface area contributed by atoms with E-state index in [0.29, 0.717) is 12.8 Å². The molecule has 0 spiro atoms. The van der Waals surface area contributed by atoms with Gasteiger partial charge in [0.15, 0.2) is 34.0 Å². The molecule has 0 aromatic heterocycles. The second kappa shape index (κ2) is 14.1. The summed E-state index contributed by atoms with van der Waals surface area (Å²) in [6, 6.07) is 0. The Labute approximate surface area is 160 Å². The van der Waals surface area contributed by atoms with Crippen LogP contribution in [0.1, 0.15) is 39.5 Å². The van der Waals surface area contributed by atoms with Gasteiger partial charge < -0.3 is 0 Å². The number of hydrogen-bond donors (Lipinski definition) is 0. The topological polar surface area (TPSA) is 139 Å². The zero-order valence-corrected chi connectivity index (χ0v) is 18.1. The van der Waals surface area contributed by atoms with Crippen molar-refractivity contribution in [3.63, 3.8) is 0 Å². The van der Waals surface area contributed by atoms with Crippen molar-refractivity contribution in [3.8, 4) is 0 Å². The highest BCUT2D eigenvalue weighted by atomic mass is 32.2. The first kappa shape index (κ1) is 26.0. The monoisotopic (exact) mass is 458 g/mol. The van der Waals surface area contributed by atoms with E-state index in [0.717, 1.165) is 0 Å². The average Bonchev–Trinajstić information content (AvgIpc) is 2.55. The zero-order chi connectivity index (χ0) is 20.1. The third-order valence-corrected chi connectivity index (χ3v) is 7.13. The molecule has 158 valence electrons. The Kier molecular flexibility index (Phi) is 14.1. The molecule has 2 unspecified atom stereocenters. The molecule has 0 bridgehead atoms. The van der Waals surface area contributed by atoms with Crippen LogP contribution in [-0.4, -0.2) is 61.9 Å². The molecule has 0 saturated carbocycles. The summed E-state index contributed by atoms with van der Waals surface area (Å²) >= 11 is -3.61. The van der Waals surface area contributed by atoms with E-state index in [1.54, 1.807) is 13.8 Å². The van der Waals surface area contributed by atoms with Crippen LogP contribution in [0.4, 0.5) is 0 Å². The molecule has 26 heavy (non-hydrogen) atoms. The predicted molar refractivity (Wildman–Crippen MR) is 97.5 cm³/mol. The Balaban J connectivity index is 3.88. The van der Waals surface area contributed by atoms with Gasteiger partial charge in [0.1, 0.15) is 0 Å². The van der Waals surface area contributed by atoms with Crippen LogP contribution in [0.2, 0.25) is 0 Å². The first-order valence-electron chi connectivity index (χ1n) is 7.89. The van der Waals surface area contributed by atoms with Crippen LogP contribution in [0, 0.1) is 0 Å². The van der Waals surface area contributed by atoms with Crippen LogP contribution in [0.3, 0.4) is 0 Å². The van der Waals surface area contributed by atoms with Crippen LogP contribution in [-0.2, 0) is 59.1 Å². The molecule has 14 heteroatoms. The molecule has 0 fully saturated rings. The van der Waals surface area contributed by atoms with E-state index in [1.165, 1.54) is 0 Å². The molecule has 2 atom stereocenters. The molecule has 0 aliphatic rings. The van der Waals surface area contributed by atoms with E-state index >= 15 is 0 Å². The van der Waals surface area contributed by atoms with Gasteiger partial charge in [0.05, 0.1) is 24.7 Å². The minimum atomic E-state index is -3.80. The largest absolute Gasteiger partial charge is 0.289 e. The van der Waals surface area contributed by atoms with Crippen molar-refractivity contribution in [3.05, 3.63) is 0 Å². The summed E-state index contributed by atoms with van der Waals surface area (Å²) < 4.78 is 87.0. The molecule has 0 N–H and O–H groups in total. The lowest BCUT2D eigenvalue weighted by Crippen LogP contribution is -2.16. The van der Waals surface area contributed by atoms with E-state index in [1.807, 2.05) is 0 Å². The third-order valence-electron chi connectivity index (χ3n) is 2.69. The van der Waals surface area contributed by atoms with Gasteiger partial charge in [0, 0.05) is 0 Å². The Bertz CT molecular complexity index is 572. The Morgan fingerprint density at radius 2 is 1.00 bits per heavy atom. The second-order valence-corrected chi connectivity index (χ2v) is 10.5. The predicted octanol–water partition coefficient (Wildman–Crippen LogP) is 0.555. The van der Waals surface area contributed by atoms with E-state index in [2.05, 4.69) is 16.7 Å². The van der Waals surface area contributed by atoms with Gasteiger partial charge in [0.25, 0.3) is 20.2 Å². The summed E-state index contributed by atoms with van der Waals surface area (Å²) in [4.78, 5) is 0. The Morgan fingerprint density at radius 3 is 1.31 bits per heavy atom. The van der Waals surface area contributed by atoms with E-state index in [4.69, 9.17) is 0 Å². The fourth-order valence-electron chi connectivity index (χ4n) is 1.59. The van der Waals surface area contributed by atoms with Crippen molar-refractivity contribution in [1.82, 2.24) is 0 Å². The summed E-state index contributed by atoms with van der Waals surface area (Å²) in [5.41, 5.74) is 0. The summed E-state index contributed by atoms with van der Waals surface area (Å²) in [7, 11) is -7.60. The molecule has 0 aliphatic carbocycles. The first-order chi connectivity index (χ1) is 12.1. The van der Waals surface area contributed by atoms with Crippen molar-refractivity contribution in [1.29, 1.82) is 0 Å². The summed E-state index contributed by atoms with van der Waals surface area (Å²) in [5, 5.41) is 0. The van der Waals surface area contributed by atoms with Crippen molar-refractivity contribution in [2.24, 2.45) is 0 Å². The highest BCUT2D eigenvalue weighted by Gasteiger charge is 2.15. The van der Waals surface area contributed by atoms with E-state index < -0.39 is 54.3 Å². The van der Waals surface area contributed by atoms with Gasteiger partial charge in [-0.15, -0.1) is 0 Å². The Hall–Kier alpha value is 0.0400. The molecule has 0 rings (SSSR count). The molecule has 0 aliphatic heterocycles. The quantitative estimate of drug-likeness (QED) is 0.224. The highest BCUT2D eigenvalue weighted by molar-refractivity contribution is 7.88. The molecular weight excluding hydrogens is 432 g/mol. The van der Waals surface area contributed by atoms with Gasteiger partial charge in [-0.2, -0.15) is 16.8 Å². The number of rotatable bonds is 17. The maximum Gasteiger partial charge on any atom is 0.268 e. The van der Waals surface area contributed by atoms with Crippen LogP contribution in [0.5, 0.6) is 0 Å². The molecule has 0 amide bonds. The zero-order valence-electron chi connectivity index (χ0n) is 14.8. The molecule has 0 heterocycles. The van der Waals surface area contributed by atoms with E-state index in [-0.39, 0.29) is 37.6 Å². The smallest absolute Gasteiger partial charge is 0.268 e. The van der Waals surface area contributed by atoms with Gasteiger partial charge >= 0.3 is 0 Å². The minimum absolute atomic E-state index is 0.185. The van der Waals surface area contributed by atoms with Crippen molar-refractivity contribution < 1.29 is 42.0 Å².